The smallest absolute Gasteiger partial charge is 0.242 e. The zero-order valence-corrected chi connectivity index (χ0v) is 22.7. The molecule has 37 heavy (non-hydrogen) atoms. The van der Waals surface area contributed by atoms with Crippen molar-refractivity contribution in [3.63, 3.8) is 0 Å². The Balaban J connectivity index is 1.80. The van der Waals surface area contributed by atoms with E-state index in [0.29, 0.717) is 27.3 Å². The second kappa shape index (κ2) is 13.2. The Labute approximate surface area is 227 Å². The zero-order chi connectivity index (χ0) is 26.9. The number of carbonyl (C=O) groups is 2. The number of benzene rings is 3. The summed E-state index contributed by atoms with van der Waals surface area (Å²) in [6.07, 6.45) is 0.0805. The molecule has 2 amide bonds. The molecule has 0 radical (unpaired) electrons. The minimum absolute atomic E-state index is 0.0805. The average molecular weight is 545 g/mol. The number of nitrogens with zero attached hydrogens (tertiary/aromatic N) is 1. The van der Waals surface area contributed by atoms with Gasteiger partial charge < -0.3 is 24.4 Å². The summed E-state index contributed by atoms with van der Waals surface area (Å²) in [5.41, 5.74) is 2.33. The van der Waals surface area contributed by atoms with Gasteiger partial charge in [-0.05, 0) is 60.0 Å². The molecule has 0 fully saturated rings. The predicted molar refractivity (Wildman–Crippen MR) is 145 cm³/mol. The minimum atomic E-state index is -0.749. The lowest BCUT2D eigenvalue weighted by molar-refractivity contribution is -0.140. The van der Waals surface area contributed by atoms with E-state index in [1.165, 1.54) is 0 Å². The first-order valence-corrected chi connectivity index (χ1v) is 12.4. The molecule has 0 saturated carbocycles. The Morgan fingerprint density at radius 3 is 2.16 bits per heavy atom. The van der Waals surface area contributed by atoms with Gasteiger partial charge in [0.25, 0.3) is 0 Å². The number of methoxy groups -OCH3 is 3. The van der Waals surface area contributed by atoms with Crippen molar-refractivity contribution in [1.29, 1.82) is 0 Å². The number of hydrogen-bond acceptors (Lipinski definition) is 5. The maximum Gasteiger partial charge on any atom is 0.242 e. The third kappa shape index (κ3) is 7.54. The van der Waals surface area contributed by atoms with Crippen LogP contribution in [0, 0.1) is 0 Å². The molecule has 0 heterocycles. The lowest BCUT2D eigenvalue weighted by Gasteiger charge is -2.29. The van der Waals surface area contributed by atoms with Gasteiger partial charge in [0.15, 0.2) is 11.5 Å². The summed E-state index contributed by atoms with van der Waals surface area (Å²) in [5, 5.41) is 3.85. The average Bonchev–Trinajstić information content (AvgIpc) is 2.90. The van der Waals surface area contributed by atoms with E-state index < -0.39 is 6.04 Å². The second-order valence-corrected chi connectivity index (χ2v) is 9.21. The Hall–Kier alpha value is -3.42. The molecule has 0 bridgehead atoms. The van der Waals surface area contributed by atoms with Crippen LogP contribution in [-0.4, -0.2) is 44.1 Å². The van der Waals surface area contributed by atoms with Crippen LogP contribution >= 0.6 is 23.2 Å². The number of rotatable bonds is 11. The predicted octanol–water partition coefficient (Wildman–Crippen LogP) is 5.30. The molecule has 196 valence electrons. The number of ether oxygens (including phenoxy) is 3. The molecule has 3 rings (SSSR count). The first kappa shape index (κ1) is 28.2. The molecule has 3 aromatic carbocycles. The lowest BCUT2D eigenvalue weighted by atomic mass is 10.1. The molecule has 9 heteroatoms. The molecule has 0 aromatic heterocycles. The fraction of sp³-hybridized carbons (Fsp3) is 0.286. The Morgan fingerprint density at radius 2 is 1.54 bits per heavy atom. The van der Waals surface area contributed by atoms with Crippen LogP contribution in [0.15, 0.2) is 60.7 Å². The highest BCUT2D eigenvalue weighted by Crippen LogP contribution is 2.28. The monoisotopic (exact) mass is 544 g/mol. The molecular weight excluding hydrogens is 515 g/mol. The van der Waals surface area contributed by atoms with Crippen molar-refractivity contribution >= 4 is 35.0 Å². The van der Waals surface area contributed by atoms with Crippen LogP contribution in [0.25, 0.3) is 0 Å². The van der Waals surface area contributed by atoms with Crippen molar-refractivity contribution in [1.82, 2.24) is 10.2 Å². The van der Waals surface area contributed by atoms with Gasteiger partial charge in [-0.3, -0.25) is 9.59 Å². The van der Waals surface area contributed by atoms with Gasteiger partial charge in [-0.2, -0.15) is 0 Å². The molecule has 0 saturated heterocycles. The topological polar surface area (TPSA) is 77.1 Å². The van der Waals surface area contributed by atoms with Crippen molar-refractivity contribution in [3.05, 3.63) is 87.4 Å². The van der Waals surface area contributed by atoms with Crippen LogP contribution in [0.1, 0.15) is 23.6 Å². The summed E-state index contributed by atoms with van der Waals surface area (Å²) in [6.45, 7) is 2.15. The Bertz CT molecular complexity index is 1230. The van der Waals surface area contributed by atoms with E-state index in [0.717, 1.165) is 16.7 Å². The first-order chi connectivity index (χ1) is 17.7. The largest absolute Gasteiger partial charge is 0.497 e. The number of hydrogen-bond donors (Lipinski definition) is 1. The van der Waals surface area contributed by atoms with E-state index in [4.69, 9.17) is 37.4 Å². The third-order valence-corrected chi connectivity index (χ3v) is 6.54. The highest BCUT2D eigenvalue weighted by atomic mass is 35.5. The maximum atomic E-state index is 13.5. The van der Waals surface area contributed by atoms with Crippen molar-refractivity contribution in [2.45, 2.75) is 32.5 Å². The highest BCUT2D eigenvalue weighted by molar-refractivity contribution is 6.35. The van der Waals surface area contributed by atoms with Gasteiger partial charge in [-0.1, -0.05) is 47.5 Å². The molecule has 3 aromatic rings. The summed E-state index contributed by atoms with van der Waals surface area (Å²) in [5.74, 6) is 1.29. The summed E-state index contributed by atoms with van der Waals surface area (Å²) < 4.78 is 15.9. The van der Waals surface area contributed by atoms with Crippen LogP contribution in [-0.2, 0) is 29.1 Å². The molecule has 1 N–H and O–H groups in total. The van der Waals surface area contributed by atoms with Gasteiger partial charge in [0.05, 0.1) is 27.8 Å². The standard InChI is InChI=1S/C28H30Cl2N2O5/c1-18(28(34)31-16-21-8-9-22(29)15-24(21)30)32(17-19-5-10-23(35-2)11-6-19)27(33)14-20-7-12-25(36-3)26(13-20)37-4/h5-13,15,18H,14,16-17H2,1-4H3,(H,31,34). The quantitative estimate of drug-likeness (QED) is 0.354. The van der Waals surface area contributed by atoms with Gasteiger partial charge in [-0.25, -0.2) is 0 Å². The van der Waals surface area contributed by atoms with Crippen molar-refractivity contribution in [2.24, 2.45) is 0 Å². The molecule has 7 nitrogen and oxygen atoms in total. The first-order valence-electron chi connectivity index (χ1n) is 11.6. The van der Waals surface area contributed by atoms with Crippen molar-refractivity contribution in [2.75, 3.05) is 21.3 Å². The van der Waals surface area contributed by atoms with Crippen LogP contribution in [0.3, 0.4) is 0 Å². The highest BCUT2D eigenvalue weighted by Gasteiger charge is 2.26. The Morgan fingerprint density at radius 1 is 0.865 bits per heavy atom. The number of amides is 2. The van der Waals surface area contributed by atoms with E-state index in [1.54, 1.807) is 69.6 Å². The van der Waals surface area contributed by atoms with Gasteiger partial charge in [0.2, 0.25) is 11.8 Å². The van der Waals surface area contributed by atoms with Gasteiger partial charge in [-0.15, -0.1) is 0 Å². The SMILES string of the molecule is COc1ccc(CN(C(=O)Cc2ccc(OC)c(OC)c2)C(C)C(=O)NCc2ccc(Cl)cc2Cl)cc1. The van der Waals surface area contributed by atoms with E-state index in [9.17, 15) is 9.59 Å². The summed E-state index contributed by atoms with van der Waals surface area (Å²) >= 11 is 12.2. The van der Waals surface area contributed by atoms with Crippen molar-refractivity contribution in [3.8, 4) is 17.2 Å². The molecule has 1 unspecified atom stereocenters. The zero-order valence-electron chi connectivity index (χ0n) is 21.2. The van der Waals surface area contributed by atoms with E-state index >= 15 is 0 Å². The fourth-order valence-corrected chi connectivity index (χ4v) is 4.25. The molecule has 1 atom stereocenters. The number of halogens is 2. The van der Waals surface area contributed by atoms with E-state index in [2.05, 4.69) is 5.32 Å². The summed E-state index contributed by atoms with van der Waals surface area (Å²) in [6, 6.07) is 17.0. The van der Waals surface area contributed by atoms with Crippen LogP contribution in [0.4, 0.5) is 0 Å². The van der Waals surface area contributed by atoms with Crippen LogP contribution in [0.2, 0.25) is 10.0 Å². The van der Waals surface area contributed by atoms with Crippen LogP contribution in [0.5, 0.6) is 17.2 Å². The van der Waals surface area contributed by atoms with Gasteiger partial charge in [0.1, 0.15) is 11.8 Å². The normalized spacial score (nSPS) is 11.4. The fourth-order valence-electron chi connectivity index (χ4n) is 3.77. The maximum absolute atomic E-state index is 13.5. The molecule has 0 aliphatic heterocycles. The molecule has 0 aliphatic carbocycles. The summed E-state index contributed by atoms with van der Waals surface area (Å²) in [7, 11) is 4.68. The van der Waals surface area contributed by atoms with Gasteiger partial charge in [0, 0.05) is 23.1 Å². The number of carbonyl (C=O) groups excluding carboxylic acids is 2. The van der Waals surface area contributed by atoms with E-state index in [1.807, 2.05) is 24.3 Å². The van der Waals surface area contributed by atoms with Crippen molar-refractivity contribution < 1.29 is 23.8 Å². The number of nitrogens with one attached hydrogen (secondary N) is 1. The molecule has 0 aliphatic rings. The molecular formula is C28H30Cl2N2O5. The Kier molecular flexibility index (Phi) is 10.1. The minimum Gasteiger partial charge on any atom is -0.497 e. The lowest BCUT2D eigenvalue weighted by Crippen LogP contribution is -2.48. The molecule has 0 spiro atoms. The second-order valence-electron chi connectivity index (χ2n) is 8.37. The van der Waals surface area contributed by atoms with Gasteiger partial charge >= 0.3 is 0 Å². The third-order valence-electron chi connectivity index (χ3n) is 5.95. The van der Waals surface area contributed by atoms with E-state index in [-0.39, 0.29) is 31.3 Å². The summed E-state index contributed by atoms with van der Waals surface area (Å²) in [4.78, 5) is 28.2. The van der Waals surface area contributed by atoms with Crippen LogP contribution < -0.4 is 19.5 Å².